The van der Waals surface area contributed by atoms with Crippen molar-refractivity contribution >= 4 is 27.3 Å². The fraction of sp³-hybridized carbons (Fsp3) is 0.429. The minimum atomic E-state index is -3.67. The molecule has 3 rings (SSSR count). The Morgan fingerprint density at radius 1 is 1.17 bits per heavy atom. The second kappa shape index (κ2) is 9.44. The summed E-state index contributed by atoms with van der Waals surface area (Å²) in [6, 6.07) is 8.15. The summed E-state index contributed by atoms with van der Waals surface area (Å²) >= 11 is 0. The van der Waals surface area contributed by atoms with E-state index < -0.39 is 10.0 Å². The summed E-state index contributed by atoms with van der Waals surface area (Å²) in [7, 11) is -2.15. The number of sulfonamides is 1. The van der Waals surface area contributed by atoms with Crippen LogP contribution in [0, 0.1) is 0 Å². The van der Waals surface area contributed by atoms with Gasteiger partial charge in [0, 0.05) is 37.9 Å². The summed E-state index contributed by atoms with van der Waals surface area (Å²) in [4.78, 5) is 19.5. The van der Waals surface area contributed by atoms with E-state index in [1.807, 2.05) is 0 Å². The fourth-order valence-electron chi connectivity index (χ4n) is 3.58. The van der Waals surface area contributed by atoms with Crippen LogP contribution in [0.5, 0.6) is 5.88 Å². The third-order valence-electron chi connectivity index (χ3n) is 5.21. The van der Waals surface area contributed by atoms with E-state index in [9.17, 15) is 13.2 Å². The van der Waals surface area contributed by atoms with Crippen LogP contribution in [0.2, 0.25) is 0 Å². The van der Waals surface area contributed by atoms with Gasteiger partial charge in [-0.3, -0.25) is 4.79 Å². The number of carbonyl (C=O) groups excluding carboxylic acids is 1. The van der Waals surface area contributed by atoms with E-state index in [1.54, 1.807) is 38.1 Å². The molecule has 0 unspecified atom stereocenters. The van der Waals surface area contributed by atoms with Crippen molar-refractivity contribution in [2.45, 2.75) is 31.6 Å². The van der Waals surface area contributed by atoms with Crippen molar-refractivity contribution in [3.8, 4) is 5.88 Å². The maximum absolute atomic E-state index is 13.1. The molecule has 1 aromatic heterocycles. The monoisotopic (exact) mass is 432 g/mol. The van der Waals surface area contributed by atoms with Crippen LogP contribution in [0.1, 0.15) is 37.0 Å². The molecule has 0 atom stereocenters. The fourth-order valence-corrected chi connectivity index (χ4v) is 5.06. The van der Waals surface area contributed by atoms with Gasteiger partial charge in [-0.05, 0) is 37.1 Å². The van der Waals surface area contributed by atoms with Crippen molar-refractivity contribution in [3.63, 3.8) is 0 Å². The Hall–Kier alpha value is -2.65. The Balaban J connectivity index is 1.98. The highest BCUT2D eigenvalue weighted by Crippen LogP contribution is 2.29. The number of anilines is 2. The van der Waals surface area contributed by atoms with Crippen LogP contribution in [-0.2, 0) is 10.0 Å². The molecule has 1 aliphatic rings. The van der Waals surface area contributed by atoms with E-state index in [4.69, 9.17) is 4.74 Å². The van der Waals surface area contributed by atoms with E-state index in [0.717, 1.165) is 31.6 Å². The Labute approximate surface area is 177 Å². The molecule has 1 N–H and O–H groups in total. The van der Waals surface area contributed by atoms with E-state index in [0.29, 0.717) is 30.2 Å². The summed E-state index contributed by atoms with van der Waals surface area (Å²) in [6.45, 7) is 6.00. The molecular formula is C21H28N4O4S. The molecule has 0 bridgehead atoms. The summed E-state index contributed by atoms with van der Waals surface area (Å²) < 4.78 is 32.4. The molecule has 8 nitrogen and oxygen atoms in total. The molecule has 1 fully saturated rings. The number of aromatic nitrogens is 1. The first kappa shape index (κ1) is 22.0. The molecule has 1 amide bonds. The maximum atomic E-state index is 13.1. The molecule has 1 aromatic carbocycles. The van der Waals surface area contributed by atoms with Gasteiger partial charge in [0.05, 0.1) is 29.5 Å². The summed E-state index contributed by atoms with van der Waals surface area (Å²) in [5, 5.41) is 2.82. The highest BCUT2D eigenvalue weighted by molar-refractivity contribution is 7.89. The van der Waals surface area contributed by atoms with E-state index in [1.165, 1.54) is 23.7 Å². The molecule has 30 heavy (non-hydrogen) atoms. The highest BCUT2D eigenvalue weighted by Gasteiger charge is 2.26. The molecule has 0 radical (unpaired) electrons. The summed E-state index contributed by atoms with van der Waals surface area (Å²) in [5.41, 5.74) is 1.58. The number of ether oxygens (including phenoxy) is 1. The Morgan fingerprint density at radius 3 is 2.43 bits per heavy atom. The number of methoxy groups -OCH3 is 1. The van der Waals surface area contributed by atoms with E-state index in [2.05, 4.69) is 15.2 Å². The lowest BCUT2D eigenvalue weighted by atomic mass is 10.1. The lowest BCUT2D eigenvalue weighted by Crippen LogP contribution is -2.31. The molecule has 0 spiro atoms. The van der Waals surface area contributed by atoms with Crippen LogP contribution in [0.4, 0.5) is 11.4 Å². The average Bonchev–Trinajstić information content (AvgIpc) is 3.29. The van der Waals surface area contributed by atoms with Crippen LogP contribution in [-0.4, -0.2) is 56.9 Å². The van der Waals surface area contributed by atoms with Gasteiger partial charge >= 0.3 is 0 Å². The minimum absolute atomic E-state index is 0.118. The van der Waals surface area contributed by atoms with Crippen molar-refractivity contribution in [1.29, 1.82) is 0 Å². The molecule has 1 saturated heterocycles. The van der Waals surface area contributed by atoms with Crippen molar-refractivity contribution in [1.82, 2.24) is 9.29 Å². The Morgan fingerprint density at radius 2 is 1.87 bits per heavy atom. The SMILES string of the molecule is CCN(CC)S(=O)(=O)c1ccc(N2CCCC2)c(C(=O)Nc2ccc(OC)nc2)c1. The predicted octanol–water partition coefficient (Wildman–Crippen LogP) is 2.97. The number of nitrogens with one attached hydrogen (secondary N) is 1. The number of carbonyl (C=O) groups is 1. The standard InChI is InChI=1S/C21H28N4O4S/c1-4-25(5-2)30(27,28)17-9-10-19(24-12-6-7-13-24)18(14-17)21(26)23-16-8-11-20(29-3)22-15-16/h8-11,14-15H,4-7,12-13H2,1-3H3,(H,23,26). The van der Waals surface area contributed by atoms with Gasteiger partial charge in [-0.15, -0.1) is 0 Å². The number of amides is 1. The highest BCUT2D eigenvalue weighted by atomic mass is 32.2. The number of nitrogens with zero attached hydrogens (tertiary/aromatic N) is 3. The second-order valence-electron chi connectivity index (χ2n) is 7.01. The molecule has 2 aromatic rings. The normalized spacial score (nSPS) is 14.2. The quantitative estimate of drug-likeness (QED) is 0.690. The first-order chi connectivity index (χ1) is 14.4. The van der Waals surface area contributed by atoms with Crippen molar-refractivity contribution in [2.24, 2.45) is 0 Å². The molecule has 2 heterocycles. The van der Waals surface area contributed by atoms with Crippen LogP contribution in [0.25, 0.3) is 0 Å². The molecule has 0 aliphatic carbocycles. The van der Waals surface area contributed by atoms with Crippen molar-refractivity contribution in [3.05, 3.63) is 42.1 Å². The first-order valence-corrected chi connectivity index (χ1v) is 11.5. The largest absolute Gasteiger partial charge is 0.481 e. The van der Waals surface area contributed by atoms with Gasteiger partial charge in [-0.25, -0.2) is 13.4 Å². The smallest absolute Gasteiger partial charge is 0.257 e. The summed E-state index contributed by atoms with van der Waals surface area (Å²) in [5.74, 6) is 0.0681. The molecule has 0 saturated carbocycles. The van der Waals surface area contributed by atoms with E-state index >= 15 is 0 Å². The number of hydrogen-bond donors (Lipinski definition) is 1. The number of rotatable bonds is 8. The lowest BCUT2D eigenvalue weighted by molar-refractivity contribution is 0.102. The minimum Gasteiger partial charge on any atom is -0.481 e. The predicted molar refractivity (Wildman–Crippen MR) is 117 cm³/mol. The Kier molecular flexibility index (Phi) is 6.94. The van der Waals surface area contributed by atoms with Crippen LogP contribution in [0.3, 0.4) is 0 Å². The van der Waals surface area contributed by atoms with Gasteiger partial charge in [0.2, 0.25) is 15.9 Å². The molecular weight excluding hydrogens is 404 g/mol. The molecule has 162 valence electrons. The molecule has 9 heteroatoms. The molecule has 1 aliphatic heterocycles. The zero-order valence-corrected chi connectivity index (χ0v) is 18.4. The van der Waals surface area contributed by atoms with Crippen LogP contribution >= 0.6 is 0 Å². The topological polar surface area (TPSA) is 91.8 Å². The first-order valence-electron chi connectivity index (χ1n) is 10.1. The zero-order chi connectivity index (χ0) is 21.7. The Bertz CT molecular complexity index is 983. The lowest BCUT2D eigenvalue weighted by Gasteiger charge is -2.23. The van der Waals surface area contributed by atoms with Gasteiger partial charge in [-0.2, -0.15) is 4.31 Å². The van der Waals surface area contributed by atoms with Gasteiger partial charge in [0.25, 0.3) is 5.91 Å². The number of pyridine rings is 1. The zero-order valence-electron chi connectivity index (χ0n) is 17.6. The number of hydrogen-bond acceptors (Lipinski definition) is 6. The van der Waals surface area contributed by atoms with E-state index in [-0.39, 0.29) is 10.8 Å². The third-order valence-corrected chi connectivity index (χ3v) is 7.25. The maximum Gasteiger partial charge on any atom is 0.257 e. The third kappa shape index (κ3) is 4.57. The van der Waals surface area contributed by atoms with Gasteiger partial charge in [0.1, 0.15) is 0 Å². The summed E-state index contributed by atoms with van der Waals surface area (Å²) in [6.07, 6.45) is 3.59. The van der Waals surface area contributed by atoms with Crippen molar-refractivity contribution in [2.75, 3.05) is 43.5 Å². The average molecular weight is 433 g/mol. The van der Waals surface area contributed by atoms with Crippen LogP contribution < -0.4 is 15.0 Å². The van der Waals surface area contributed by atoms with Crippen LogP contribution in [0.15, 0.2) is 41.4 Å². The number of benzene rings is 1. The van der Waals surface area contributed by atoms with Gasteiger partial charge in [0.15, 0.2) is 0 Å². The van der Waals surface area contributed by atoms with Gasteiger partial charge < -0.3 is 15.0 Å². The van der Waals surface area contributed by atoms with Gasteiger partial charge in [-0.1, -0.05) is 13.8 Å². The van der Waals surface area contributed by atoms with Crippen molar-refractivity contribution < 1.29 is 17.9 Å². The second-order valence-corrected chi connectivity index (χ2v) is 8.94.